The number of nitrogen functional groups attached to an aromatic ring is 1. The fourth-order valence-electron chi connectivity index (χ4n) is 0.714. The Kier molecular flexibility index (Phi) is 1.59. The largest absolute Gasteiger partial charge is 0.369 e. The first-order valence-corrected chi connectivity index (χ1v) is 2.93. The monoisotopic (exact) mass is 136 g/mol. The molecule has 52 valence electrons. The van der Waals surface area contributed by atoms with E-state index in [-0.39, 0.29) is 6.04 Å². The zero-order valence-electron chi connectivity index (χ0n) is 5.65. The van der Waals surface area contributed by atoms with Gasteiger partial charge in [-0.25, -0.2) is 4.98 Å². The van der Waals surface area contributed by atoms with Gasteiger partial charge in [-0.05, 0) is 6.92 Å². The highest BCUT2D eigenvalue weighted by molar-refractivity contribution is 5.19. The van der Waals surface area contributed by atoms with Crippen LogP contribution in [-0.2, 0) is 0 Å². The number of aromatic nitrogens is 2. The van der Waals surface area contributed by atoms with Crippen LogP contribution >= 0.6 is 0 Å². The minimum atomic E-state index is -0.234. The first-order chi connectivity index (χ1) is 4.75. The maximum atomic E-state index is 8.48. The Labute approximate surface area is 58.9 Å². The Morgan fingerprint density at radius 2 is 2.60 bits per heavy atom. The summed E-state index contributed by atoms with van der Waals surface area (Å²) in [7, 11) is 0. The molecule has 1 atom stereocenters. The number of hydrogen-bond donors (Lipinski definition) is 1. The number of nitrogens with zero attached hydrogens (tertiary/aromatic N) is 3. The van der Waals surface area contributed by atoms with Gasteiger partial charge in [0.1, 0.15) is 6.04 Å². The van der Waals surface area contributed by atoms with Gasteiger partial charge in [0.25, 0.3) is 0 Å². The van der Waals surface area contributed by atoms with Crippen LogP contribution in [-0.4, -0.2) is 9.55 Å². The summed E-state index contributed by atoms with van der Waals surface area (Å²) in [6, 6.07) is 1.82. The second-order valence-electron chi connectivity index (χ2n) is 2.00. The number of nitrogens with two attached hydrogens (primary N) is 1. The Hall–Kier alpha value is -1.50. The van der Waals surface area contributed by atoms with Gasteiger partial charge in [-0.2, -0.15) is 5.26 Å². The van der Waals surface area contributed by atoms with Gasteiger partial charge in [0.2, 0.25) is 5.95 Å². The molecule has 1 aromatic rings. The zero-order chi connectivity index (χ0) is 7.56. The zero-order valence-corrected chi connectivity index (χ0v) is 5.65. The van der Waals surface area contributed by atoms with E-state index in [1.54, 1.807) is 23.9 Å². The fourth-order valence-corrected chi connectivity index (χ4v) is 0.714. The molecule has 0 aromatic carbocycles. The van der Waals surface area contributed by atoms with E-state index < -0.39 is 0 Å². The molecule has 0 aliphatic rings. The highest BCUT2D eigenvalue weighted by Crippen LogP contribution is 2.07. The Bertz CT molecular complexity index is 257. The third-order valence-electron chi connectivity index (χ3n) is 1.30. The van der Waals surface area contributed by atoms with Crippen molar-refractivity contribution >= 4 is 5.95 Å². The van der Waals surface area contributed by atoms with E-state index in [0.717, 1.165) is 0 Å². The molecule has 0 spiro atoms. The predicted molar refractivity (Wildman–Crippen MR) is 37.0 cm³/mol. The quantitative estimate of drug-likeness (QED) is 0.613. The van der Waals surface area contributed by atoms with Gasteiger partial charge in [-0.15, -0.1) is 0 Å². The van der Waals surface area contributed by atoms with Crippen LogP contribution < -0.4 is 5.73 Å². The first-order valence-electron chi connectivity index (χ1n) is 2.93. The van der Waals surface area contributed by atoms with Gasteiger partial charge in [0.05, 0.1) is 6.07 Å². The van der Waals surface area contributed by atoms with Crippen LogP contribution in [0.3, 0.4) is 0 Å². The van der Waals surface area contributed by atoms with Gasteiger partial charge in [-0.1, -0.05) is 0 Å². The van der Waals surface area contributed by atoms with Crippen LogP contribution in [0.2, 0.25) is 0 Å². The SMILES string of the molecule is CC(C#N)n1ccnc1N. The second kappa shape index (κ2) is 2.40. The van der Waals surface area contributed by atoms with E-state index in [2.05, 4.69) is 11.1 Å². The van der Waals surface area contributed by atoms with E-state index in [4.69, 9.17) is 11.0 Å². The summed E-state index contributed by atoms with van der Waals surface area (Å²) in [6.45, 7) is 1.76. The molecule has 0 saturated carbocycles. The lowest BCUT2D eigenvalue weighted by Gasteiger charge is -2.03. The van der Waals surface area contributed by atoms with Crippen molar-refractivity contribution in [1.29, 1.82) is 5.26 Å². The molecule has 1 unspecified atom stereocenters. The van der Waals surface area contributed by atoms with Crippen molar-refractivity contribution in [1.82, 2.24) is 9.55 Å². The number of hydrogen-bond acceptors (Lipinski definition) is 3. The Balaban J connectivity index is 2.96. The molecule has 0 aliphatic carbocycles. The molecule has 0 bridgehead atoms. The van der Waals surface area contributed by atoms with Gasteiger partial charge < -0.3 is 10.3 Å². The van der Waals surface area contributed by atoms with Crippen molar-refractivity contribution in [2.45, 2.75) is 13.0 Å². The molecular formula is C6H8N4. The molecule has 1 aromatic heterocycles. The van der Waals surface area contributed by atoms with Crippen molar-refractivity contribution in [3.8, 4) is 6.07 Å². The van der Waals surface area contributed by atoms with Gasteiger partial charge in [-0.3, -0.25) is 0 Å². The summed E-state index contributed by atoms with van der Waals surface area (Å²) in [5, 5.41) is 8.48. The molecule has 0 radical (unpaired) electrons. The van der Waals surface area contributed by atoms with Crippen LogP contribution in [0.1, 0.15) is 13.0 Å². The van der Waals surface area contributed by atoms with E-state index in [9.17, 15) is 0 Å². The minimum absolute atomic E-state index is 0.234. The smallest absolute Gasteiger partial charge is 0.201 e. The van der Waals surface area contributed by atoms with Crippen molar-refractivity contribution in [2.24, 2.45) is 0 Å². The number of imidazole rings is 1. The number of nitriles is 1. The summed E-state index contributed by atoms with van der Waals surface area (Å²) >= 11 is 0. The average Bonchev–Trinajstić information content (AvgIpc) is 2.34. The summed E-state index contributed by atoms with van der Waals surface area (Å²) in [5.74, 6) is 0.383. The molecule has 0 saturated heterocycles. The fraction of sp³-hybridized carbons (Fsp3) is 0.333. The average molecular weight is 136 g/mol. The van der Waals surface area contributed by atoms with Crippen LogP contribution in [0.25, 0.3) is 0 Å². The highest BCUT2D eigenvalue weighted by Gasteiger charge is 2.03. The molecule has 0 amide bonds. The van der Waals surface area contributed by atoms with Gasteiger partial charge in [0, 0.05) is 12.4 Å². The molecule has 0 aliphatic heterocycles. The second-order valence-corrected chi connectivity index (χ2v) is 2.00. The molecule has 1 rings (SSSR count). The lowest BCUT2D eigenvalue weighted by molar-refractivity contribution is 0.683. The van der Waals surface area contributed by atoms with Crippen molar-refractivity contribution < 1.29 is 0 Å². The first kappa shape index (κ1) is 6.62. The third-order valence-corrected chi connectivity index (χ3v) is 1.30. The van der Waals surface area contributed by atoms with E-state index in [1.165, 1.54) is 0 Å². The van der Waals surface area contributed by atoms with Crippen LogP contribution in [0.5, 0.6) is 0 Å². The maximum Gasteiger partial charge on any atom is 0.201 e. The molecule has 1 heterocycles. The van der Waals surface area contributed by atoms with Gasteiger partial charge in [0.15, 0.2) is 0 Å². The topological polar surface area (TPSA) is 67.6 Å². The normalized spacial score (nSPS) is 12.4. The number of rotatable bonds is 1. The van der Waals surface area contributed by atoms with Crippen molar-refractivity contribution in [3.05, 3.63) is 12.4 Å². The molecule has 4 nitrogen and oxygen atoms in total. The molecular weight excluding hydrogens is 128 g/mol. The minimum Gasteiger partial charge on any atom is -0.369 e. The molecule has 2 N–H and O–H groups in total. The van der Waals surface area contributed by atoms with E-state index in [0.29, 0.717) is 5.95 Å². The summed E-state index contributed by atoms with van der Waals surface area (Å²) < 4.78 is 1.61. The van der Waals surface area contributed by atoms with E-state index in [1.807, 2.05) is 0 Å². The van der Waals surface area contributed by atoms with Crippen LogP contribution in [0, 0.1) is 11.3 Å². The van der Waals surface area contributed by atoms with E-state index >= 15 is 0 Å². The molecule has 4 heteroatoms. The Morgan fingerprint density at radius 1 is 1.90 bits per heavy atom. The number of anilines is 1. The predicted octanol–water partition coefficient (Wildman–Crippen LogP) is 0.550. The van der Waals surface area contributed by atoms with Crippen LogP contribution in [0.4, 0.5) is 5.95 Å². The molecule has 0 fully saturated rings. The highest BCUT2D eigenvalue weighted by atomic mass is 15.1. The lowest BCUT2D eigenvalue weighted by Crippen LogP contribution is -2.05. The standard InChI is InChI=1S/C6H8N4/c1-5(4-7)10-3-2-9-6(10)8/h2-3,5H,1H3,(H2,8,9). The summed E-state index contributed by atoms with van der Waals surface area (Å²) in [6.07, 6.45) is 3.26. The maximum absolute atomic E-state index is 8.48. The van der Waals surface area contributed by atoms with Crippen LogP contribution in [0.15, 0.2) is 12.4 Å². The van der Waals surface area contributed by atoms with Crippen molar-refractivity contribution in [2.75, 3.05) is 5.73 Å². The summed E-state index contributed by atoms with van der Waals surface area (Å²) in [5.41, 5.74) is 5.42. The van der Waals surface area contributed by atoms with Gasteiger partial charge >= 0.3 is 0 Å². The molecule has 10 heavy (non-hydrogen) atoms. The van der Waals surface area contributed by atoms with Crippen molar-refractivity contribution in [3.63, 3.8) is 0 Å². The lowest BCUT2D eigenvalue weighted by atomic mass is 10.4. The third kappa shape index (κ3) is 0.935. The Morgan fingerprint density at radius 3 is 3.00 bits per heavy atom. The summed E-state index contributed by atoms with van der Waals surface area (Å²) in [4.78, 5) is 3.78.